The summed E-state index contributed by atoms with van der Waals surface area (Å²) in [5.41, 5.74) is -6.13. The van der Waals surface area contributed by atoms with Crippen molar-refractivity contribution in [2.45, 2.75) is 18.8 Å². The van der Waals surface area contributed by atoms with Gasteiger partial charge in [0.2, 0.25) is 5.78 Å². The molecule has 128 valence electrons. The van der Waals surface area contributed by atoms with Crippen molar-refractivity contribution in [1.82, 2.24) is 0 Å². The number of rotatable bonds is 3. The average molecular weight is 368 g/mol. The van der Waals surface area contributed by atoms with Gasteiger partial charge in [-0.3, -0.25) is 4.79 Å². The van der Waals surface area contributed by atoms with Crippen LogP contribution in [0.5, 0.6) is 0 Å². The van der Waals surface area contributed by atoms with Crippen molar-refractivity contribution in [2.75, 3.05) is 0 Å². The Labute approximate surface area is 128 Å². The van der Waals surface area contributed by atoms with Gasteiger partial charge in [0, 0.05) is 5.02 Å². The number of allylic oxidation sites excluding steroid dienone is 1. The highest BCUT2D eigenvalue weighted by atomic mass is 35.5. The fourth-order valence-electron chi connectivity index (χ4n) is 1.58. The lowest BCUT2D eigenvalue weighted by atomic mass is 9.97. The molecule has 0 heterocycles. The van der Waals surface area contributed by atoms with Crippen LogP contribution in [0.1, 0.15) is 16.7 Å². The summed E-state index contributed by atoms with van der Waals surface area (Å²) in [6, 6.07) is 0.0649. The van der Waals surface area contributed by atoms with E-state index in [4.69, 9.17) is 11.6 Å². The Morgan fingerprint density at radius 3 is 1.74 bits per heavy atom. The molecule has 0 aliphatic carbocycles. The molecule has 0 spiro atoms. The zero-order chi connectivity index (χ0) is 18.2. The SMILES string of the molecule is O=C(/C=C(\[O-])c1c(C(F)(F)F)cc(Cl)cc1C(F)(F)F)C(F)F. The van der Waals surface area contributed by atoms with Crippen molar-refractivity contribution < 1.29 is 45.0 Å². The van der Waals surface area contributed by atoms with Gasteiger partial charge in [-0.05, 0) is 23.8 Å². The molecule has 11 heteroatoms. The Hall–Kier alpha value is -1.84. The van der Waals surface area contributed by atoms with Crippen LogP contribution >= 0.6 is 11.6 Å². The third-order valence-electron chi connectivity index (χ3n) is 2.45. The molecule has 1 aromatic carbocycles. The van der Waals surface area contributed by atoms with Crippen molar-refractivity contribution in [1.29, 1.82) is 0 Å². The number of hydrogen-bond acceptors (Lipinski definition) is 2. The predicted octanol–water partition coefficient (Wildman–Crippen LogP) is 3.91. The van der Waals surface area contributed by atoms with Gasteiger partial charge in [0.05, 0.1) is 11.1 Å². The normalized spacial score (nSPS) is 13.6. The van der Waals surface area contributed by atoms with Gasteiger partial charge in [-0.15, -0.1) is 0 Å². The molecule has 0 saturated carbocycles. The van der Waals surface area contributed by atoms with E-state index in [2.05, 4.69) is 0 Å². The van der Waals surface area contributed by atoms with Crippen LogP contribution in [0, 0.1) is 0 Å². The number of alkyl halides is 8. The van der Waals surface area contributed by atoms with Crippen LogP contribution in [0.2, 0.25) is 5.02 Å². The molecule has 1 aromatic rings. The quantitative estimate of drug-likeness (QED) is 0.462. The van der Waals surface area contributed by atoms with E-state index >= 15 is 0 Å². The Morgan fingerprint density at radius 2 is 1.43 bits per heavy atom. The smallest absolute Gasteiger partial charge is 0.417 e. The molecule has 0 aromatic heterocycles. The van der Waals surface area contributed by atoms with Gasteiger partial charge in [-0.1, -0.05) is 17.4 Å². The van der Waals surface area contributed by atoms with E-state index in [9.17, 15) is 45.0 Å². The minimum Gasteiger partial charge on any atom is -0.872 e. The van der Waals surface area contributed by atoms with Crippen LogP contribution in [-0.2, 0) is 17.1 Å². The summed E-state index contributed by atoms with van der Waals surface area (Å²) in [5.74, 6) is -4.36. The molecular formula is C12H4ClF8O2-. The van der Waals surface area contributed by atoms with Crippen LogP contribution in [0.25, 0.3) is 5.76 Å². The summed E-state index contributed by atoms with van der Waals surface area (Å²) in [4.78, 5) is 10.7. The number of benzene rings is 1. The average Bonchev–Trinajstić information content (AvgIpc) is 2.35. The summed E-state index contributed by atoms with van der Waals surface area (Å²) >= 11 is 5.19. The lowest BCUT2D eigenvalue weighted by Gasteiger charge is -2.24. The Balaban J connectivity index is 3.76. The second-order valence-electron chi connectivity index (χ2n) is 4.08. The summed E-state index contributed by atoms with van der Waals surface area (Å²) in [7, 11) is 0. The first-order chi connectivity index (χ1) is 10.2. The van der Waals surface area contributed by atoms with E-state index in [1.807, 2.05) is 0 Å². The summed E-state index contributed by atoms with van der Waals surface area (Å²) in [5, 5.41) is 10.6. The van der Waals surface area contributed by atoms with Gasteiger partial charge < -0.3 is 5.11 Å². The number of halogens is 9. The second kappa shape index (κ2) is 6.34. The minimum atomic E-state index is -5.43. The van der Waals surface area contributed by atoms with E-state index < -0.39 is 58.1 Å². The minimum absolute atomic E-state index is 0.0325. The zero-order valence-corrected chi connectivity index (χ0v) is 11.3. The molecule has 23 heavy (non-hydrogen) atoms. The van der Waals surface area contributed by atoms with Gasteiger partial charge in [0.1, 0.15) is 0 Å². The van der Waals surface area contributed by atoms with Crippen LogP contribution in [0.4, 0.5) is 35.1 Å². The number of ketones is 1. The largest absolute Gasteiger partial charge is 0.872 e. The summed E-state index contributed by atoms with van der Waals surface area (Å²) in [6.45, 7) is 0. The lowest BCUT2D eigenvalue weighted by molar-refractivity contribution is -0.245. The van der Waals surface area contributed by atoms with Crippen LogP contribution in [-0.4, -0.2) is 12.2 Å². The predicted molar refractivity (Wildman–Crippen MR) is 60.4 cm³/mol. The molecule has 0 bridgehead atoms. The maximum absolute atomic E-state index is 12.8. The van der Waals surface area contributed by atoms with E-state index in [0.717, 1.165) is 0 Å². The van der Waals surface area contributed by atoms with Crippen molar-refractivity contribution >= 4 is 23.1 Å². The standard InChI is InChI=1S/C12H5ClF8O2/c13-4-1-5(11(16,17)18)9(6(2-4)12(19,20)21)7(22)3-8(23)10(14)15/h1-3,10,22H/p-1/b7-3-. The fraction of sp³-hybridized carbons (Fsp3) is 0.250. The van der Waals surface area contributed by atoms with Crippen molar-refractivity contribution in [3.05, 3.63) is 39.9 Å². The van der Waals surface area contributed by atoms with Crippen LogP contribution in [0.3, 0.4) is 0 Å². The van der Waals surface area contributed by atoms with Crippen molar-refractivity contribution in [2.24, 2.45) is 0 Å². The first-order valence-corrected chi connectivity index (χ1v) is 5.82. The van der Waals surface area contributed by atoms with E-state index in [1.165, 1.54) is 0 Å². The maximum atomic E-state index is 12.8. The molecule has 1 rings (SSSR count). The molecule has 0 amide bonds. The number of carbonyl (C=O) groups is 1. The van der Waals surface area contributed by atoms with Gasteiger partial charge >= 0.3 is 12.4 Å². The molecule has 0 fully saturated rings. The highest BCUT2D eigenvalue weighted by Gasteiger charge is 2.41. The van der Waals surface area contributed by atoms with Gasteiger partial charge in [-0.2, -0.15) is 26.3 Å². The topological polar surface area (TPSA) is 40.1 Å². The maximum Gasteiger partial charge on any atom is 0.417 e. The lowest BCUT2D eigenvalue weighted by Crippen LogP contribution is -2.21. The van der Waals surface area contributed by atoms with Crippen molar-refractivity contribution in [3.8, 4) is 0 Å². The molecule has 0 atom stereocenters. The van der Waals surface area contributed by atoms with Gasteiger partial charge in [0.15, 0.2) is 0 Å². The zero-order valence-electron chi connectivity index (χ0n) is 10.5. The monoisotopic (exact) mass is 367 g/mol. The first-order valence-electron chi connectivity index (χ1n) is 5.44. The van der Waals surface area contributed by atoms with Crippen LogP contribution < -0.4 is 5.11 Å². The third kappa shape index (κ3) is 4.57. The number of hydrogen-bond donors (Lipinski definition) is 0. The second-order valence-corrected chi connectivity index (χ2v) is 4.52. The molecule has 0 aliphatic rings. The first kappa shape index (κ1) is 19.2. The van der Waals surface area contributed by atoms with Crippen molar-refractivity contribution in [3.63, 3.8) is 0 Å². The molecule has 0 radical (unpaired) electrons. The fourth-order valence-corrected chi connectivity index (χ4v) is 1.80. The van der Waals surface area contributed by atoms with Crippen LogP contribution in [0.15, 0.2) is 18.2 Å². The molecule has 0 N–H and O–H groups in total. The number of carbonyl (C=O) groups excluding carboxylic acids is 1. The van der Waals surface area contributed by atoms with E-state index in [-0.39, 0.29) is 12.1 Å². The molecule has 0 saturated heterocycles. The van der Waals surface area contributed by atoms with E-state index in [0.29, 0.717) is 0 Å². The molecule has 2 nitrogen and oxygen atoms in total. The van der Waals surface area contributed by atoms with Gasteiger partial charge in [0.25, 0.3) is 6.43 Å². The highest BCUT2D eigenvalue weighted by Crippen LogP contribution is 2.43. The van der Waals surface area contributed by atoms with Gasteiger partial charge in [-0.25, -0.2) is 8.78 Å². The molecule has 0 unspecified atom stereocenters. The molecular weight excluding hydrogens is 364 g/mol. The Kier molecular flexibility index (Phi) is 5.30. The molecule has 0 aliphatic heterocycles. The summed E-state index contributed by atoms with van der Waals surface area (Å²) in [6.07, 6.45) is -15.1. The van der Waals surface area contributed by atoms with E-state index in [1.54, 1.807) is 0 Å². The Morgan fingerprint density at radius 1 is 1.04 bits per heavy atom. The highest BCUT2D eigenvalue weighted by molar-refractivity contribution is 6.30. The third-order valence-corrected chi connectivity index (χ3v) is 2.67. The summed E-state index contributed by atoms with van der Waals surface area (Å²) < 4.78 is 101. The Bertz CT molecular complexity index is 610.